The summed E-state index contributed by atoms with van der Waals surface area (Å²) >= 11 is 1.41. The number of aliphatic hydroxyl groups is 1. The number of nitrogens with zero attached hydrogens (tertiary/aromatic N) is 1. The van der Waals surface area contributed by atoms with Crippen molar-refractivity contribution in [2.75, 3.05) is 12.3 Å². The molecule has 0 aliphatic carbocycles. The van der Waals surface area contributed by atoms with E-state index in [0.717, 1.165) is 11.1 Å². The normalized spacial score (nSPS) is 9.95. The number of aromatic nitrogens is 2. The largest absolute Gasteiger partial charge is 0.395 e. The van der Waals surface area contributed by atoms with Crippen LogP contribution in [0.4, 0.5) is 5.82 Å². The molecule has 0 amide bonds. The van der Waals surface area contributed by atoms with Crippen LogP contribution < -0.4 is 11.3 Å². The molecule has 108 valence electrons. The van der Waals surface area contributed by atoms with Gasteiger partial charge in [-0.05, 0) is 17.7 Å². The van der Waals surface area contributed by atoms with Crippen molar-refractivity contribution >= 4 is 17.6 Å². The number of hydrogen-bond donors (Lipinski definition) is 3. The van der Waals surface area contributed by atoms with E-state index < -0.39 is 0 Å². The number of aliphatic hydroxyl groups excluding tert-OH is 1. The maximum atomic E-state index is 11.3. The predicted octanol–water partition coefficient (Wildman–Crippen LogP) is 1.38. The highest BCUT2D eigenvalue weighted by Gasteiger charge is 2.01. The third kappa shape index (κ3) is 4.99. The third-order valence-corrected chi connectivity index (χ3v) is 3.48. The van der Waals surface area contributed by atoms with E-state index in [0.29, 0.717) is 17.3 Å². The van der Waals surface area contributed by atoms with Crippen LogP contribution in [0.15, 0.2) is 40.3 Å². The van der Waals surface area contributed by atoms with Gasteiger partial charge >= 0.3 is 0 Å². The van der Waals surface area contributed by atoms with E-state index in [1.807, 2.05) is 24.3 Å². The van der Waals surface area contributed by atoms with Gasteiger partial charge in [-0.25, -0.2) is 4.98 Å². The average Bonchev–Trinajstić information content (AvgIpc) is 2.46. The topological polar surface area (TPSA) is 92.0 Å². The number of aromatic amines is 1. The second-order valence-electron chi connectivity index (χ2n) is 4.24. The van der Waals surface area contributed by atoms with Crippen LogP contribution >= 0.6 is 11.8 Å². The zero-order valence-electron chi connectivity index (χ0n) is 11.3. The predicted molar refractivity (Wildman–Crippen MR) is 83.9 cm³/mol. The van der Waals surface area contributed by atoms with Gasteiger partial charge in [0.2, 0.25) is 0 Å². The Kier molecular flexibility index (Phi) is 5.43. The van der Waals surface area contributed by atoms with Gasteiger partial charge < -0.3 is 15.8 Å². The molecule has 0 aliphatic heterocycles. The highest BCUT2D eigenvalue weighted by Crippen LogP contribution is 2.18. The fourth-order valence-corrected chi connectivity index (χ4v) is 2.42. The van der Waals surface area contributed by atoms with Crippen molar-refractivity contribution in [3.05, 3.63) is 51.8 Å². The maximum Gasteiger partial charge on any atom is 0.253 e. The molecule has 0 unspecified atom stereocenters. The van der Waals surface area contributed by atoms with Crippen LogP contribution in [0.1, 0.15) is 17.5 Å². The summed E-state index contributed by atoms with van der Waals surface area (Å²) in [6.45, 7) is 0.0765. The highest BCUT2D eigenvalue weighted by atomic mass is 32.2. The first-order chi connectivity index (χ1) is 10.2. The number of H-pyrrole nitrogens is 1. The monoisotopic (exact) mass is 301 g/mol. The number of rotatable bonds is 4. The lowest BCUT2D eigenvalue weighted by Gasteiger charge is -2.02. The molecular weight excluding hydrogens is 286 g/mol. The molecule has 6 heteroatoms. The van der Waals surface area contributed by atoms with Gasteiger partial charge in [0, 0.05) is 23.8 Å². The molecule has 0 fully saturated rings. The van der Waals surface area contributed by atoms with E-state index in [1.54, 1.807) is 0 Å². The van der Waals surface area contributed by atoms with Crippen LogP contribution in [0.5, 0.6) is 0 Å². The molecule has 2 rings (SSSR count). The lowest BCUT2D eigenvalue weighted by molar-refractivity contribution is 0.305. The lowest BCUT2D eigenvalue weighted by atomic mass is 10.1. The average molecular weight is 301 g/mol. The number of thioether (sulfide) groups is 1. The molecule has 5 nitrogen and oxygen atoms in total. The molecule has 0 bridgehead atoms. The zero-order chi connectivity index (χ0) is 15.1. The van der Waals surface area contributed by atoms with E-state index >= 15 is 0 Å². The molecule has 21 heavy (non-hydrogen) atoms. The van der Waals surface area contributed by atoms with E-state index in [9.17, 15) is 4.79 Å². The Morgan fingerprint density at radius 1 is 1.33 bits per heavy atom. The van der Waals surface area contributed by atoms with Crippen molar-refractivity contribution in [1.82, 2.24) is 9.97 Å². The second kappa shape index (κ2) is 7.53. The first-order valence-electron chi connectivity index (χ1n) is 6.35. The molecule has 0 spiro atoms. The van der Waals surface area contributed by atoms with Gasteiger partial charge in [0.05, 0.1) is 6.61 Å². The molecule has 2 aromatic rings. The first kappa shape index (κ1) is 15.2. The Hall–Kier alpha value is -2.23. The number of hydrogen-bond acceptors (Lipinski definition) is 5. The Labute approximate surface area is 126 Å². The summed E-state index contributed by atoms with van der Waals surface area (Å²) in [5, 5.41) is 9.17. The van der Waals surface area contributed by atoms with Crippen molar-refractivity contribution in [2.24, 2.45) is 0 Å². The molecule has 1 heterocycles. The van der Waals surface area contributed by atoms with Gasteiger partial charge in [0.15, 0.2) is 5.16 Å². The van der Waals surface area contributed by atoms with E-state index in [1.165, 1.54) is 17.8 Å². The van der Waals surface area contributed by atoms with Crippen molar-refractivity contribution in [3.63, 3.8) is 0 Å². The maximum absolute atomic E-state index is 11.3. The number of anilines is 1. The van der Waals surface area contributed by atoms with Crippen molar-refractivity contribution in [1.29, 1.82) is 0 Å². The minimum atomic E-state index is -0.250. The fourth-order valence-electron chi connectivity index (χ4n) is 1.58. The SMILES string of the molecule is Nc1cc(=O)[nH]c(SCc2ccc(C#CCCO)cc2)n1. The Morgan fingerprint density at radius 2 is 2.10 bits per heavy atom. The minimum absolute atomic E-state index is 0.0765. The summed E-state index contributed by atoms with van der Waals surface area (Å²) in [6.07, 6.45) is 0.478. The summed E-state index contributed by atoms with van der Waals surface area (Å²) in [5.74, 6) is 6.74. The zero-order valence-corrected chi connectivity index (χ0v) is 12.1. The summed E-state index contributed by atoms with van der Waals surface area (Å²) in [4.78, 5) is 18.0. The minimum Gasteiger partial charge on any atom is -0.395 e. The van der Waals surface area contributed by atoms with Gasteiger partial charge in [-0.1, -0.05) is 35.7 Å². The number of nitrogen functional groups attached to an aromatic ring is 1. The smallest absolute Gasteiger partial charge is 0.253 e. The van der Waals surface area contributed by atoms with Crippen molar-refractivity contribution in [3.8, 4) is 11.8 Å². The van der Waals surface area contributed by atoms with Crippen LogP contribution in [0.25, 0.3) is 0 Å². The van der Waals surface area contributed by atoms with E-state index in [2.05, 4.69) is 21.8 Å². The summed E-state index contributed by atoms with van der Waals surface area (Å²) in [5.41, 5.74) is 7.28. The van der Waals surface area contributed by atoms with Gasteiger partial charge in [0.25, 0.3) is 5.56 Å². The lowest BCUT2D eigenvalue weighted by Crippen LogP contribution is -2.09. The Bertz CT molecular complexity index is 714. The van der Waals surface area contributed by atoms with Gasteiger partial charge in [-0.15, -0.1) is 0 Å². The summed E-state index contributed by atoms with van der Waals surface area (Å²) in [6, 6.07) is 9.05. The highest BCUT2D eigenvalue weighted by molar-refractivity contribution is 7.98. The molecule has 0 radical (unpaired) electrons. The summed E-state index contributed by atoms with van der Waals surface area (Å²) < 4.78 is 0. The van der Waals surface area contributed by atoms with E-state index in [-0.39, 0.29) is 18.0 Å². The van der Waals surface area contributed by atoms with E-state index in [4.69, 9.17) is 10.8 Å². The number of nitrogens with two attached hydrogens (primary N) is 1. The van der Waals surface area contributed by atoms with Crippen molar-refractivity contribution in [2.45, 2.75) is 17.3 Å². The van der Waals surface area contributed by atoms with Crippen molar-refractivity contribution < 1.29 is 5.11 Å². The fraction of sp³-hybridized carbons (Fsp3) is 0.200. The first-order valence-corrected chi connectivity index (χ1v) is 7.34. The molecular formula is C15H15N3O2S. The number of benzene rings is 1. The van der Waals surface area contributed by atoms with Crippen LogP contribution in [0.3, 0.4) is 0 Å². The molecule has 0 aliphatic rings. The molecule has 0 saturated carbocycles. The molecule has 0 saturated heterocycles. The van der Waals surface area contributed by atoms with Gasteiger partial charge in [0.1, 0.15) is 5.82 Å². The standard InChI is InChI=1S/C15H15N3O2S/c16-13-9-14(20)18-15(17-13)21-10-12-6-4-11(5-7-12)3-1-2-8-19/h4-7,9,19H,2,8,10H2,(H3,16,17,18,20). The Morgan fingerprint density at radius 3 is 2.76 bits per heavy atom. The molecule has 0 atom stereocenters. The number of nitrogens with one attached hydrogen (secondary N) is 1. The second-order valence-corrected chi connectivity index (χ2v) is 5.20. The third-order valence-electron chi connectivity index (χ3n) is 2.54. The van der Waals surface area contributed by atoms with Gasteiger partial charge in [-0.2, -0.15) is 0 Å². The van der Waals surface area contributed by atoms with Gasteiger partial charge in [-0.3, -0.25) is 4.79 Å². The molecule has 1 aromatic heterocycles. The van der Waals surface area contributed by atoms with Crippen LogP contribution in [0.2, 0.25) is 0 Å². The Balaban J connectivity index is 1.98. The molecule has 4 N–H and O–H groups in total. The van der Waals surface area contributed by atoms with Crippen LogP contribution in [0, 0.1) is 11.8 Å². The summed E-state index contributed by atoms with van der Waals surface area (Å²) in [7, 11) is 0. The van der Waals surface area contributed by atoms with Crippen LogP contribution in [-0.4, -0.2) is 21.7 Å². The van der Waals surface area contributed by atoms with Crippen LogP contribution in [-0.2, 0) is 5.75 Å². The quantitative estimate of drug-likeness (QED) is 0.451. The molecule has 1 aromatic carbocycles.